The number of anilines is 1. The van der Waals surface area contributed by atoms with Gasteiger partial charge in [-0.1, -0.05) is 11.6 Å². The maximum absolute atomic E-state index is 12.0. The average Bonchev–Trinajstić information content (AvgIpc) is 2.41. The molecule has 19 heavy (non-hydrogen) atoms. The monoisotopic (exact) mass is 278 g/mol. The van der Waals surface area contributed by atoms with E-state index in [1.165, 1.54) is 0 Å². The summed E-state index contributed by atoms with van der Waals surface area (Å²) >= 11 is 6.11. The van der Waals surface area contributed by atoms with Gasteiger partial charge in [0.2, 0.25) is 0 Å². The fourth-order valence-corrected chi connectivity index (χ4v) is 2.24. The highest BCUT2D eigenvalue weighted by Crippen LogP contribution is 2.29. The third-order valence-electron chi connectivity index (χ3n) is 2.97. The van der Waals surface area contributed by atoms with E-state index >= 15 is 0 Å². The van der Waals surface area contributed by atoms with Crippen molar-refractivity contribution in [2.75, 3.05) is 12.8 Å². The Morgan fingerprint density at radius 2 is 2.05 bits per heavy atom. The first kappa shape index (κ1) is 13.5. The molecule has 0 fully saturated rings. The van der Waals surface area contributed by atoms with Crippen molar-refractivity contribution < 1.29 is 4.74 Å². The molecule has 1 aromatic heterocycles. The number of nitrogens with two attached hydrogens (primary N) is 1. The maximum atomic E-state index is 12.0. The first-order valence-corrected chi connectivity index (χ1v) is 6.29. The topological polar surface area (TPSA) is 57.2 Å². The lowest BCUT2D eigenvalue weighted by Crippen LogP contribution is -2.23. The Balaban J connectivity index is 2.62. The van der Waals surface area contributed by atoms with Crippen LogP contribution in [0.2, 0.25) is 5.02 Å². The quantitative estimate of drug-likeness (QED) is 0.939. The van der Waals surface area contributed by atoms with Gasteiger partial charge in [-0.25, -0.2) is 0 Å². The molecule has 5 heteroatoms. The standard InChI is InChI=1S/C14H15ClN2O2/c1-3-17-12(6-5-11(16)14(17)18)9-4-7-13(19-2)10(15)8-9/h4-8H,3,16H2,1-2H3. The lowest BCUT2D eigenvalue weighted by atomic mass is 10.1. The lowest BCUT2D eigenvalue weighted by molar-refractivity contribution is 0.415. The molecule has 2 rings (SSSR count). The molecule has 0 saturated heterocycles. The summed E-state index contributed by atoms with van der Waals surface area (Å²) in [5.41, 5.74) is 7.33. The zero-order valence-electron chi connectivity index (χ0n) is 10.8. The molecule has 0 aliphatic carbocycles. The van der Waals surface area contributed by atoms with Crippen molar-refractivity contribution in [2.24, 2.45) is 0 Å². The minimum absolute atomic E-state index is 0.188. The van der Waals surface area contributed by atoms with E-state index < -0.39 is 0 Å². The van der Waals surface area contributed by atoms with E-state index in [0.717, 1.165) is 11.3 Å². The number of methoxy groups -OCH3 is 1. The second-order valence-corrected chi connectivity index (χ2v) is 4.48. The van der Waals surface area contributed by atoms with E-state index in [9.17, 15) is 4.79 Å². The van der Waals surface area contributed by atoms with Crippen LogP contribution in [0.25, 0.3) is 11.3 Å². The van der Waals surface area contributed by atoms with Gasteiger partial charge in [0.25, 0.3) is 5.56 Å². The van der Waals surface area contributed by atoms with Crippen LogP contribution in [-0.4, -0.2) is 11.7 Å². The third-order valence-corrected chi connectivity index (χ3v) is 3.26. The van der Waals surface area contributed by atoms with E-state index in [1.54, 1.807) is 29.9 Å². The Hall–Kier alpha value is -1.94. The molecular formula is C14H15ClN2O2. The van der Waals surface area contributed by atoms with Crippen LogP contribution in [0.5, 0.6) is 5.75 Å². The minimum Gasteiger partial charge on any atom is -0.495 e. The molecule has 0 spiro atoms. The molecule has 0 atom stereocenters. The highest BCUT2D eigenvalue weighted by Gasteiger charge is 2.09. The number of rotatable bonds is 3. The summed E-state index contributed by atoms with van der Waals surface area (Å²) in [4.78, 5) is 12.0. The molecule has 0 amide bonds. The maximum Gasteiger partial charge on any atom is 0.274 e. The van der Waals surface area contributed by atoms with Crippen molar-refractivity contribution in [1.29, 1.82) is 0 Å². The average molecular weight is 279 g/mol. The van der Waals surface area contributed by atoms with Gasteiger partial charge in [-0.3, -0.25) is 4.79 Å². The number of benzene rings is 1. The molecule has 2 N–H and O–H groups in total. The molecule has 0 saturated carbocycles. The van der Waals surface area contributed by atoms with Crippen LogP contribution in [0.4, 0.5) is 5.69 Å². The predicted octanol–water partition coefficient (Wildman–Crippen LogP) is 2.78. The van der Waals surface area contributed by atoms with Crippen molar-refractivity contribution in [3.05, 3.63) is 45.7 Å². The summed E-state index contributed by atoms with van der Waals surface area (Å²) in [6.45, 7) is 2.44. The largest absolute Gasteiger partial charge is 0.495 e. The van der Waals surface area contributed by atoms with Gasteiger partial charge in [-0.2, -0.15) is 0 Å². The Bertz CT molecular complexity index is 665. The first-order valence-electron chi connectivity index (χ1n) is 5.91. The van der Waals surface area contributed by atoms with E-state index in [4.69, 9.17) is 22.1 Å². The predicted molar refractivity (Wildman–Crippen MR) is 77.8 cm³/mol. The zero-order valence-corrected chi connectivity index (χ0v) is 11.6. The van der Waals surface area contributed by atoms with E-state index in [-0.39, 0.29) is 11.2 Å². The molecule has 4 nitrogen and oxygen atoms in total. The summed E-state index contributed by atoms with van der Waals surface area (Å²) in [5.74, 6) is 0.603. The molecule has 0 unspecified atom stereocenters. The van der Waals surface area contributed by atoms with Crippen molar-refractivity contribution in [2.45, 2.75) is 13.5 Å². The van der Waals surface area contributed by atoms with Gasteiger partial charge in [0.1, 0.15) is 5.75 Å². The Morgan fingerprint density at radius 3 is 2.63 bits per heavy atom. The van der Waals surface area contributed by atoms with Gasteiger partial charge in [-0.15, -0.1) is 0 Å². The van der Waals surface area contributed by atoms with Crippen LogP contribution in [0.3, 0.4) is 0 Å². The lowest BCUT2D eigenvalue weighted by Gasteiger charge is -2.13. The molecule has 1 aromatic carbocycles. The van der Waals surface area contributed by atoms with Gasteiger partial charge in [-0.05, 0) is 42.8 Å². The van der Waals surface area contributed by atoms with Crippen molar-refractivity contribution >= 4 is 17.3 Å². The first-order chi connectivity index (χ1) is 9.08. The van der Waals surface area contributed by atoms with Crippen LogP contribution in [0.1, 0.15) is 6.92 Å². The van der Waals surface area contributed by atoms with Crippen LogP contribution in [0, 0.1) is 0 Å². The number of hydrogen-bond donors (Lipinski definition) is 1. The molecule has 0 bridgehead atoms. The van der Waals surface area contributed by atoms with Gasteiger partial charge < -0.3 is 15.0 Å². The summed E-state index contributed by atoms with van der Waals surface area (Å²) in [5, 5.41) is 0.506. The van der Waals surface area contributed by atoms with E-state index in [0.29, 0.717) is 17.3 Å². The summed E-state index contributed by atoms with van der Waals surface area (Å²) in [7, 11) is 1.56. The zero-order chi connectivity index (χ0) is 14.0. The molecule has 2 aromatic rings. The second kappa shape index (κ2) is 5.36. The number of ether oxygens (including phenoxy) is 1. The van der Waals surface area contributed by atoms with Crippen LogP contribution < -0.4 is 16.0 Å². The Labute approximate surface area is 116 Å². The number of hydrogen-bond acceptors (Lipinski definition) is 3. The fraction of sp³-hybridized carbons (Fsp3) is 0.214. The van der Waals surface area contributed by atoms with Crippen LogP contribution in [0.15, 0.2) is 35.1 Å². The summed E-state index contributed by atoms with van der Waals surface area (Å²) < 4.78 is 6.73. The third kappa shape index (κ3) is 2.44. The molecule has 100 valence electrons. The van der Waals surface area contributed by atoms with E-state index in [2.05, 4.69) is 0 Å². The highest BCUT2D eigenvalue weighted by molar-refractivity contribution is 6.32. The minimum atomic E-state index is -0.188. The van der Waals surface area contributed by atoms with Crippen molar-refractivity contribution in [3.63, 3.8) is 0 Å². The van der Waals surface area contributed by atoms with Crippen molar-refractivity contribution in [3.8, 4) is 17.0 Å². The fourth-order valence-electron chi connectivity index (χ4n) is 1.99. The summed E-state index contributed by atoms with van der Waals surface area (Å²) in [6, 6.07) is 8.85. The molecular weight excluding hydrogens is 264 g/mol. The van der Waals surface area contributed by atoms with Gasteiger partial charge >= 0.3 is 0 Å². The number of nitrogens with zero attached hydrogens (tertiary/aromatic N) is 1. The normalized spacial score (nSPS) is 10.5. The number of nitrogen functional groups attached to an aromatic ring is 1. The number of halogens is 1. The summed E-state index contributed by atoms with van der Waals surface area (Å²) in [6.07, 6.45) is 0. The van der Waals surface area contributed by atoms with Crippen LogP contribution >= 0.6 is 11.6 Å². The number of aromatic nitrogens is 1. The Kier molecular flexibility index (Phi) is 3.81. The smallest absolute Gasteiger partial charge is 0.274 e. The van der Waals surface area contributed by atoms with Gasteiger partial charge in [0.05, 0.1) is 23.5 Å². The van der Waals surface area contributed by atoms with Gasteiger partial charge in [0.15, 0.2) is 0 Å². The van der Waals surface area contributed by atoms with Gasteiger partial charge in [0, 0.05) is 6.54 Å². The SMILES string of the molecule is CCn1c(-c2ccc(OC)c(Cl)c2)ccc(N)c1=O. The molecule has 0 aliphatic heterocycles. The molecule has 1 heterocycles. The highest BCUT2D eigenvalue weighted by atomic mass is 35.5. The second-order valence-electron chi connectivity index (χ2n) is 4.07. The molecule has 0 radical (unpaired) electrons. The van der Waals surface area contributed by atoms with Crippen molar-refractivity contribution in [1.82, 2.24) is 4.57 Å². The van der Waals surface area contributed by atoms with Crippen LogP contribution in [-0.2, 0) is 6.54 Å². The Morgan fingerprint density at radius 1 is 1.32 bits per heavy atom. The molecule has 0 aliphatic rings. The van der Waals surface area contributed by atoms with E-state index in [1.807, 2.05) is 19.1 Å². The number of pyridine rings is 1.